The lowest BCUT2D eigenvalue weighted by Gasteiger charge is -2.32. The maximum absolute atomic E-state index is 11.3. The largest absolute Gasteiger partial charge is 0.345 e. The Kier molecular flexibility index (Phi) is 2.49. The van der Waals surface area contributed by atoms with Crippen molar-refractivity contribution < 1.29 is 4.79 Å². The van der Waals surface area contributed by atoms with Crippen LogP contribution in [0.25, 0.3) is 0 Å². The predicted octanol–water partition coefficient (Wildman–Crippen LogP) is 0.0595. The summed E-state index contributed by atoms with van der Waals surface area (Å²) in [4.78, 5) is 13.1. The molecule has 0 spiro atoms. The summed E-state index contributed by atoms with van der Waals surface area (Å²) in [6, 6.07) is 0. The van der Waals surface area contributed by atoms with Gasteiger partial charge in [-0.25, -0.2) is 0 Å². The van der Waals surface area contributed by atoms with Gasteiger partial charge in [0.2, 0.25) is 5.91 Å². The van der Waals surface area contributed by atoms with E-state index in [9.17, 15) is 4.79 Å². The van der Waals surface area contributed by atoms with Crippen LogP contribution in [0.5, 0.6) is 0 Å². The Morgan fingerprint density at radius 2 is 2.36 bits per heavy atom. The first-order chi connectivity index (χ1) is 5.15. The highest BCUT2D eigenvalue weighted by Crippen LogP contribution is 2.20. The Hall–Kier alpha value is -0.570. The molecule has 0 aromatic carbocycles. The number of rotatable bonds is 1. The summed E-state index contributed by atoms with van der Waals surface area (Å²) in [6.07, 6.45) is 0.958. The minimum absolute atomic E-state index is 0.0729. The second-order valence-electron chi connectivity index (χ2n) is 3.49. The van der Waals surface area contributed by atoms with Gasteiger partial charge in [-0.2, -0.15) is 0 Å². The summed E-state index contributed by atoms with van der Waals surface area (Å²) in [7, 11) is 1.85. The first-order valence-electron chi connectivity index (χ1n) is 4.10. The molecule has 2 N–H and O–H groups in total. The van der Waals surface area contributed by atoms with Crippen LogP contribution in [0.1, 0.15) is 13.3 Å². The lowest BCUT2D eigenvalue weighted by Crippen LogP contribution is -2.44. The van der Waals surface area contributed by atoms with Gasteiger partial charge in [0, 0.05) is 20.1 Å². The van der Waals surface area contributed by atoms with Gasteiger partial charge < -0.3 is 10.6 Å². The van der Waals surface area contributed by atoms with E-state index in [0.717, 1.165) is 13.0 Å². The lowest BCUT2D eigenvalue weighted by molar-refractivity contribution is -0.138. The third-order valence-corrected chi connectivity index (χ3v) is 2.28. The Labute approximate surface area is 67.5 Å². The van der Waals surface area contributed by atoms with Gasteiger partial charge in [-0.15, -0.1) is 0 Å². The van der Waals surface area contributed by atoms with Crippen LogP contribution in [0.2, 0.25) is 0 Å². The molecule has 0 bridgehead atoms. The van der Waals surface area contributed by atoms with E-state index in [1.807, 2.05) is 7.05 Å². The molecule has 1 fully saturated rings. The third kappa shape index (κ3) is 1.71. The zero-order valence-corrected chi connectivity index (χ0v) is 7.21. The highest BCUT2D eigenvalue weighted by atomic mass is 16.2. The van der Waals surface area contributed by atoms with Crippen molar-refractivity contribution in [2.24, 2.45) is 17.6 Å². The molecule has 1 aliphatic heterocycles. The molecule has 1 rings (SSSR count). The van der Waals surface area contributed by atoms with Crippen molar-refractivity contribution >= 4 is 5.91 Å². The maximum atomic E-state index is 11.3. The molecular weight excluding hydrogens is 140 g/mol. The molecule has 0 unspecified atom stereocenters. The zero-order valence-electron chi connectivity index (χ0n) is 7.21. The van der Waals surface area contributed by atoms with Gasteiger partial charge in [0.15, 0.2) is 0 Å². The van der Waals surface area contributed by atoms with Gasteiger partial charge in [0.1, 0.15) is 0 Å². The van der Waals surface area contributed by atoms with Crippen molar-refractivity contribution in [1.82, 2.24) is 4.90 Å². The van der Waals surface area contributed by atoms with Crippen LogP contribution in [0.4, 0.5) is 0 Å². The molecule has 3 nitrogen and oxygen atoms in total. The highest BCUT2D eigenvalue weighted by molar-refractivity contribution is 5.79. The van der Waals surface area contributed by atoms with Crippen molar-refractivity contribution in [2.45, 2.75) is 13.3 Å². The smallest absolute Gasteiger partial charge is 0.226 e. The van der Waals surface area contributed by atoms with Gasteiger partial charge in [-0.3, -0.25) is 4.79 Å². The van der Waals surface area contributed by atoms with Crippen molar-refractivity contribution in [3.05, 3.63) is 0 Å². The predicted molar refractivity (Wildman–Crippen MR) is 44.0 cm³/mol. The van der Waals surface area contributed by atoms with E-state index in [4.69, 9.17) is 5.73 Å². The van der Waals surface area contributed by atoms with Crippen LogP contribution in [0.3, 0.4) is 0 Å². The van der Waals surface area contributed by atoms with Crippen molar-refractivity contribution in [1.29, 1.82) is 0 Å². The SMILES string of the molecule is C[C@H]1C[C@H](CN)C(=O)N(C)C1. The van der Waals surface area contributed by atoms with Crippen LogP contribution >= 0.6 is 0 Å². The standard InChI is InChI=1S/C8H16N2O/c1-6-3-7(4-9)8(11)10(2)5-6/h6-7H,3-5,9H2,1-2H3/t6-,7+/m0/s1. The summed E-state index contributed by atoms with van der Waals surface area (Å²) >= 11 is 0. The van der Waals surface area contributed by atoms with E-state index in [-0.39, 0.29) is 11.8 Å². The summed E-state index contributed by atoms with van der Waals surface area (Å²) in [5.41, 5.74) is 5.47. The molecule has 1 aliphatic rings. The molecule has 0 radical (unpaired) electrons. The van der Waals surface area contributed by atoms with Crippen LogP contribution < -0.4 is 5.73 Å². The van der Waals surface area contributed by atoms with Crippen molar-refractivity contribution in [3.63, 3.8) is 0 Å². The zero-order chi connectivity index (χ0) is 8.43. The van der Waals surface area contributed by atoms with E-state index in [1.54, 1.807) is 4.90 Å². The van der Waals surface area contributed by atoms with Crippen molar-refractivity contribution in [3.8, 4) is 0 Å². The fraction of sp³-hybridized carbons (Fsp3) is 0.875. The van der Waals surface area contributed by atoms with Crippen LogP contribution in [-0.4, -0.2) is 30.9 Å². The average Bonchev–Trinajstić information content (AvgIpc) is 1.96. The quantitative estimate of drug-likeness (QED) is 0.583. The molecule has 3 heteroatoms. The van der Waals surface area contributed by atoms with Gasteiger partial charge >= 0.3 is 0 Å². The summed E-state index contributed by atoms with van der Waals surface area (Å²) in [5.74, 6) is 0.889. The molecule has 11 heavy (non-hydrogen) atoms. The van der Waals surface area contributed by atoms with E-state index in [1.165, 1.54) is 0 Å². The molecular formula is C8H16N2O. The maximum Gasteiger partial charge on any atom is 0.226 e. The lowest BCUT2D eigenvalue weighted by atomic mass is 9.90. The Bertz CT molecular complexity index is 158. The number of nitrogens with two attached hydrogens (primary N) is 1. The van der Waals surface area contributed by atoms with E-state index < -0.39 is 0 Å². The first kappa shape index (κ1) is 8.53. The summed E-state index contributed by atoms with van der Waals surface area (Å²) < 4.78 is 0. The number of carbonyl (C=O) groups excluding carboxylic acids is 1. The average molecular weight is 156 g/mol. The fourth-order valence-electron chi connectivity index (χ4n) is 1.73. The minimum atomic E-state index is 0.0729. The van der Waals surface area contributed by atoms with Gasteiger partial charge in [0.25, 0.3) is 0 Å². The molecule has 0 aliphatic carbocycles. The third-order valence-electron chi connectivity index (χ3n) is 2.28. The molecule has 1 amide bonds. The normalized spacial score (nSPS) is 32.6. The number of piperidine rings is 1. The van der Waals surface area contributed by atoms with Crippen LogP contribution in [0.15, 0.2) is 0 Å². The monoisotopic (exact) mass is 156 g/mol. The van der Waals surface area contributed by atoms with E-state index >= 15 is 0 Å². The number of hydrogen-bond donors (Lipinski definition) is 1. The van der Waals surface area contributed by atoms with E-state index in [0.29, 0.717) is 12.5 Å². The van der Waals surface area contributed by atoms with Gasteiger partial charge in [-0.1, -0.05) is 6.92 Å². The number of nitrogens with zero attached hydrogens (tertiary/aromatic N) is 1. The molecule has 0 aromatic rings. The molecule has 2 atom stereocenters. The van der Waals surface area contributed by atoms with E-state index in [2.05, 4.69) is 6.92 Å². The topological polar surface area (TPSA) is 46.3 Å². The summed E-state index contributed by atoms with van der Waals surface area (Å²) in [5, 5.41) is 0. The molecule has 64 valence electrons. The fourth-order valence-corrected chi connectivity index (χ4v) is 1.73. The van der Waals surface area contributed by atoms with Gasteiger partial charge in [-0.05, 0) is 12.3 Å². The summed E-state index contributed by atoms with van der Waals surface area (Å²) in [6.45, 7) is 3.54. The second kappa shape index (κ2) is 3.22. The number of amides is 1. The first-order valence-corrected chi connectivity index (χ1v) is 4.10. The Morgan fingerprint density at radius 1 is 1.73 bits per heavy atom. The highest BCUT2D eigenvalue weighted by Gasteiger charge is 2.28. The molecule has 1 saturated heterocycles. The van der Waals surface area contributed by atoms with Gasteiger partial charge in [0.05, 0.1) is 5.92 Å². The molecule has 0 aromatic heterocycles. The van der Waals surface area contributed by atoms with Crippen LogP contribution in [0, 0.1) is 11.8 Å². The van der Waals surface area contributed by atoms with Crippen molar-refractivity contribution in [2.75, 3.05) is 20.1 Å². The van der Waals surface area contributed by atoms with Crippen LogP contribution in [-0.2, 0) is 4.79 Å². The Morgan fingerprint density at radius 3 is 2.91 bits per heavy atom. The molecule has 1 heterocycles. The molecule has 0 saturated carbocycles. The number of likely N-dealkylation sites (tertiary alicyclic amines) is 1. The number of carbonyl (C=O) groups is 1. The second-order valence-corrected chi connectivity index (χ2v) is 3.49. The number of hydrogen-bond acceptors (Lipinski definition) is 2. The Balaban J connectivity index is 2.59. The minimum Gasteiger partial charge on any atom is -0.345 e.